The largest absolute Gasteiger partial charge is 0.356 e. The summed E-state index contributed by atoms with van der Waals surface area (Å²) in [6, 6.07) is 1.75. The van der Waals surface area contributed by atoms with Crippen molar-refractivity contribution in [1.29, 1.82) is 0 Å². The van der Waals surface area contributed by atoms with E-state index in [2.05, 4.69) is 20.8 Å². The quantitative estimate of drug-likeness (QED) is 0.880. The summed E-state index contributed by atoms with van der Waals surface area (Å²) in [5, 5.41) is 13.0. The molecule has 0 aromatic carbocycles. The van der Waals surface area contributed by atoms with Gasteiger partial charge in [0.25, 0.3) is 5.91 Å². The molecule has 1 aliphatic rings. The molecule has 0 aliphatic carbocycles. The van der Waals surface area contributed by atoms with E-state index in [4.69, 9.17) is 4.52 Å². The van der Waals surface area contributed by atoms with Crippen LogP contribution in [0.3, 0.4) is 0 Å². The van der Waals surface area contributed by atoms with Crippen molar-refractivity contribution in [2.24, 2.45) is 0 Å². The lowest BCUT2D eigenvalue weighted by molar-refractivity contribution is -0.122. The van der Waals surface area contributed by atoms with Gasteiger partial charge in [0, 0.05) is 29.8 Å². The highest BCUT2D eigenvalue weighted by atomic mass is 32.1. The van der Waals surface area contributed by atoms with Crippen LogP contribution in [0.4, 0.5) is 0 Å². The lowest BCUT2D eigenvalue weighted by atomic mass is 9.97. The zero-order valence-electron chi connectivity index (χ0n) is 11.2. The summed E-state index contributed by atoms with van der Waals surface area (Å²) in [4.78, 5) is 27.4. The third-order valence-electron chi connectivity index (χ3n) is 3.28. The molecule has 0 radical (unpaired) electrons. The molecule has 0 spiro atoms. The zero-order chi connectivity index (χ0) is 14.7. The van der Waals surface area contributed by atoms with Crippen LogP contribution < -0.4 is 10.6 Å². The van der Waals surface area contributed by atoms with Crippen LogP contribution in [0.15, 0.2) is 21.3 Å². The van der Waals surface area contributed by atoms with E-state index in [0.29, 0.717) is 30.2 Å². The van der Waals surface area contributed by atoms with Crippen LogP contribution in [0, 0.1) is 0 Å². The molecule has 110 valence electrons. The highest BCUT2D eigenvalue weighted by Crippen LogP contribution is 2.22. The number of carbonyl (C=O) groups is 2. The summed E-state index contributed by atoms with van der Waals surface area (Å²) in [6.07, 6.45) is 1.17. The van der Waals surface area contributed by atoms with E-state index in [1.165, 1.54) is 11.3 Å². The number of thiophene rings is 1. The smallest absolute Gasteiger partial charge is 0.252 e. The standard InChI is InChI=1S/C13H14N4O3S/c18-10-5-8(1-3-14-10)12-16-11(20-17-12)6-15-13(19)9-2-4-21-7-9/h2,4,7-8H,1,3,5-6H2,(H,14,18)(H,15,19). The first-order valence-electron chi connectivity index (χ1n) is 6.62. The molecule has 0 saturated carbocycles. The summed E-state index contributed by atoms with van der Waals surface area (Å²) >= 11 is 1.46. The van der Waals surface area contributed by atoms with E-state index in [9.17, 15) is 9.59 Å². The van der Waals surface area contributed by atoms with Gasteiger partial charge in [-0.3, -0.25) is 9.59 Å². The minimum Gasteiger partial charge on any atom is -0.356 e. The highest BCUT2D eigenvalue weighted by Gasteiger charge is 2.25. The van der Waals surface area contributed by atoms with E-state index in [0.717, 1.165) is 6.42 Å². The number of amides is 2. The van der Waals surface area contributed by atoms with E-state index in [1.807, 2.05) is 5.38 Å². The number of piperidine rings is 1. The summed E-state index contributed by atoms with van der Waals surface area (Å²) < 4.78 is 5.12. The monoisotopic (exact) mass is 306 g/mol. The molecule has 1 fully saturated rings. The Kier molecular flexibility index (Phi) is 3.96. The molecule has 2 N–H and O–H groups in total. The van der Waals surface area contributed by atoms with Crippen molar-refractivity contribution in [2.75, 3.05) is 6.54 Å². The summed E-state index contributed by atoms with van der Waals surface area (Å²) in [6.45, 7) is 0.808. The van der Waals surface area contributed by atoms with Crippen LogP contribution in [-0.2, 0) is 11.3 Å². The molecule has 2 aromatic heterocycles. The highest BCUT2D eigenvalue weighted by molar-refractivity contribution is 7.08. The van der Waals surface area contributed by atoms with Crippen molar-refractivity contribution in [3.05, 3.63) is 34.1 Å². The predicted octanol–water partition coefficient (Wildman–Crippen LogP) is 1.05. The molecule has 0 bridgehead atoms. The van der Waals surface area contributed by atoms with Crippen LogP contribution in [0.25, 0.3) is 0 Å². The SMILES string of the molecule is O=C1CC(c2noc(CNC(=O)c3ccsc3)n2)CCN1. The van der Waals surface area contributed by atoms with Crippen LogP contribution in [-0.4, -0.2) is 28.5 Å². The molecule has 1 atom stereocenters. The van der Waals surface area contributed by atoms with Gasteiger partial charge in [-0.05, 0) is 17.9 Å². The fraction of sp³-hybridized carbons (Fsp3) is 0.385. The average molecular weight is 306 g/mol. The van der Waals surface area contributed by atoms with Gasteiger partial charge >= 0.3 is 0 Å². The second-order valence-electron chi connectivity index (χ2n) is 4.78. The molecular formula is C13H14N4O3S. The first-order chi connectivity index (χ1) is 10.2. The summed E-state index contributed by atoms with van der Waals surface area (Å²) in [5.74, 6) is 0.699. The van der Waals surface area contributed by atoms with E-state index in [-0.39, 0.29) is 24.3 Å². The lowest BCUT2D eigenvalue weighted by Gasteiger charge is -2.18. The van der Waals surface area contributed by atoms with Gasteiger partial charge in [-0.1, -0.05) is 5.16 Å². The summed E-state index contributed by atoms with van der Waals surface area (Å²) in [7, 11) is 0. The Morgan fingerprint density at radius 3 is 3.24 bits per heavy atom. The Labute approximate surface area is 124 Å². The van der Waals surface area contributed by atoms with Crippen molar-refractivity contribution in [1.82, 2.24) is 20.8 Å². The van der Waals surface area contributed by atoms with Gasteiger partial charge in [-0.15, -0.1) is 0 Å². The molecule has 8 heteroatoms. The topological polar surface area (TPSA) is 97.1 Å². The number of hydrogen-bond acceptors (Lipinski definition) is 6. The van der Waals surface area contributed by atoms with Crippen LogP contribution >= 0.6 is 11.3 Å². The first kappa shape index (κ1) is 13.7. The van der Waals surface area contributed by atoms with E-state index in [1.54, 1.807) is 11.4 Å². The van der Waals surface area contributed by atoms with Gasteiger partial charge < -0.3 is 15.2 Å². The number of carbonyl (C=O) groups excluding carboxylic acids is 2. The lowest BCUT2D eigenvalue weighted by Crippen LogP contribution is -2.32. The molecule has 3 heterocycles. The Morgan fingerprint density at radius 2 is 2.48 bits per heavy atom. The maximum atomic E-state index is 11.8. The molecule has 1 aliphatic heterocycles. The van der Waals surface area contributed by atoms with E-state index < -0.39 is 0 Å². The molecule has 3 rings (SSSR count). The third kappa shape index (κ3) is 3.27. The van der Waals surface area contributed by atoms with Crippen molar-refractivity contribution in [3.63, 3.8) is 0 Å². The molecular weight excluding hydrogens is 292 g/mol. The van der Waals surface area contributed by atoms with Gasteiger partial charge in [0.15, 0.2) is 5.82 Å². The van der Waals surface area contributed by atoms with Gasteiger partial charge in [0.1, 0.15) is 0 Å². The Hall–Kier alpha value is -2.22. The minimum atomic E-state index is -0.173. The fourth-order valence-corrected chi connectivity index (χ4v) is 2.80. The van der Waals surface area contributed by atoms with Crippen molar-refractivity contribution in [2.45, 2.75) is 25.3 Å². The van der Waals surface area contributed by atoms with Gasteiger partial charge in [-0.2, -0.15) is 16.3 Å². The first-order valence-corrected chi connectivity index (χ1v) is 7.56. The molecule has 1 unspecified atom stereocenters. The molecule has 2 aromatic rings. The number of nitrogens with zero attached hydrogens (tertiary/aromatic N) is 2. The maximum absolute atomic E-state index is 11.8. The number of hydrogen-bond donors (Lipinski definition) is 2. The third-order valence-corrected chi connectivity index (χ3v) is 3.96. The Balaban J connectivity index is 1.58. The maximum Gasteiger partial charge on any atom is 0.252 e. The number of rotatable bonds is 4. The predicted molar refractivity (Wildman–Crippen MR) is 74.8 cm³/mol. The second kappa shape index (κ2) is 6.04. The van der Waals surface area contributed by atoms with Crippen LogP contribution in [0.1, 0.15) is 40.8 Å². The van der Waals surface area contributed by atoms with Crippen molar-refractivity contribution in [3.8, 4) is 0 Å². The molecule has 21 heavy (non-hydrogen) atoms. The number of nitrogens with one attached hydrogen (secondary N) is 2. The summed E-state index contributed by atoms with van der Waals surface area (Å²) in [5.41, 5.74) is 0.615. The van der Waals surface area contributed by atoms with Gasteiger partial charge in [-0.25, -0.2) is 0 Å². The zero-order valence-corrected chi connectivity index (χ0v) is 12.0. The molecule has 1 saturated heterocycles. The van der Waals surface area contributed by atoms with Crippen LogP contribution in [0.5, 0.6) is 0 Å². The number of aromatic nitrogens is 2. The van der Waals surface area contributed by atoms with Crippen molar-refractivity contribution < 1.29 is 14.1 Å². The minimum absolute atomic E-state index is 0.00311. The normalized spacial score (nSPS) is 18.3. The van der Waals surface area contributed by atoms with Gasteiger partial charge in [0.2, 0.25) is 11.8 Å². The van der Waals surface area contributed by atoms with Crippen LogP contribution in [0.2, 0.25) is 0 Å². The molecule has 2 amide bonds. The van der Waals surface area contributed by atoms with Gasteiger partial charge in [0.05, 0.1) is 6.54 Å². The Morgan fingerprint density at radius 1 is 1.57 bits per heavy atom. The Bertz CT molecular complexity index is 638. The van der Waals surface area contributed by atoms with E-state index >= 15 is 0 Å². The van der Waals surface area contributed by atoms with Crippen molar-refractivity contribution >= 4 is 23.2 Å². The average Bonchev–Trinajstić information content (AvgIpc) is 3.16. The fourth-order valence-electron chi connectivity index (χ4n) is 2.16. The second-order valence-corrected chi connectivity index (χ2v) is 5.56. The molecule has 7 nitrogen and oxygen atoms in total.